The number of rotatable bonds is 7. The van der Waals surface area contributed by atoms with Gasteiger partial charge in [-0.3, -0.25) is 9.69 Å². The molecular formula is C18H24N4O2S. The summed E-state index contributed by atoms with van der Waals surface area (Å²) in [6.07, 6.45) is 2.61. The van der Waals surface area contributed by atoms with Crippen molar-refractivity contribution in [3.05, 3.63) is 46.4 Å². The zero-order valence-electron chi connectivity index (χ0n) is 14.1. The Morgan fingerprint density at radius 1 is 1.32 bits per heavy atom. The van der Waals surface area contributed by atoms with Crippen LogP contribution in [0.2, 0.25) is 0 Å². The average Bonchev–Trinajstić information content (AvgIpc) is 3.16. The molecule has 1 fully saturated rings. The number of amides is 1. The van der Waals surface area contributed by atoms with Crippen LogP contribution < -0.4 is 10.6 Å². The third kappa shape index (κ3) is 5.61. The van der Waals surface area contributed by atoms with E-state index in [0.717, 1.165) is 48.9 Å². The summed E-state index contributed by atoms with van der Waals surface area (Å²) in [5, 5.41) is 18.9. The molecule has 2 aromatic rings. The first-order chi connectivity index (χ1) is 12.2. The minimum Gasteiger partial charge on any atom is -0.386 e. The van der Waals surface area contributed by atoms with E-state index in [0.29, 0.717) is 13.0 Å². The molecule has 134 valence electrons. The number of carbonyl (C=O) groups excluding carboxylic acids is 1. The Morgan fingerprint density at radius 3 is 2.76 bits per heavy atom. The largest absolute Gasteiger partial charge is 0.386 e. The lowest BCUT2D eigenvalue weighted by molar-refractivity contribution is -0.117. The van der Waals surface area contributed by atoms with Crippen molar-refractivity contribution in [3.63, 3.8) is 0 Å². The number of benzene rings is 1. The Hall–Kier alpha value is -1.80. The van der Waals surface area contributed by atoms with E-state index in [9.17, 15) is 9.90 Å². The second-order valence-corrected chi connectivity index (χ2v) is 7.12. The highest BCUT2D eigenvalue weighted by molar-refractivity contribution is 7.09. The molecule has 3 N–H and O–H groups in total. The van der Waals surface area contributed by atoms with Crippen LogP contribution in [0.3, 0.4) is 0 Å². The van der Waals surface area contributed by atoms with E-state index in [1.54, 1.807) is 6.20 Å². The molecule has 1 saturated heterocycles. The topological polar surface area (TPSA) is 77.5 Å². The number of aliphatic hydroxyl groups excluding tert-OH is 1. The molecule has 7 heteroatoms. The van der Waals surface area contributed by atoms with Crippen LogP contribution in [-0.4, -0.2) is 53.6 Å². The van der Waals surface area contributed by atoms with E-state index in [2.05, 4.69) is 20.5 Å². The molecular weight excluding hydrogens is 336 g/mol. The number of piperazine rings is 1. The van der Waals surface area contributed by atoms with E-state index in [1.165, 1.54) is 11.3 Å². The van der Waals surface area contributed by atoms with Crippen LogP contribution in [0.4, 0.5) is 5.69 Å². The second-order valence-electron chi connectivity index (χ2n) is 6.20. The minimum atomic E-state index is -0.515. The first-order valence-corrected chi connectivity index (χ1v) is 9.48. The van der Waals surface area contributed by atoms with Crippen molar-refractivity contribution in [2.75, 3.05) is 38.0 Å². The summed E-state index contributed by atoms with van der Waals surface area (Å²) >= 11 is 1.47. The molecule has 1 aromatic heterocycles. The Balaban J connectivity index is 1.44. The lowest BCUT2D eigenvalue weighted by Crippen LogP contribution is -2.46. The summed E-state index contributed by atoms with van der Waals surface area (Å²) < 4.78 is 0. The molecule has 0 radical (unpaired) electrons. The van der Waals surface area contributed by atoms with E-state index < -0.39 is 6.10 Å². The number of hydrogen-bond acceptors (Lipinski definition) is 6. The van der Waals surface area contributed by atoms with Crippen molar-refractivity contribution in [2.45, 2.75) is 18.9 Å². The van der Waals surface area contributed by atoms with Gasteiger partial charge in [0.1, 0.15) is 11.1 Å². The highest BCUT2D eigenvalue weighted by Crippen LogP contribution is 2.21. The van der Waals surface area contributed by atoms with Gasteiger partial charge in [0.2, 0.25) is 5.91 Å². The van der Waals surface area contributed by atoms with Crippen LogP contribution >= 0.6 is 11.3 Å². The monoisotopic (exact) mass is 360 g/mol. The number of nitrogens with one attached hydrogen (secondary N) is 2. The molecule has 0 bridgehead atoms. The number of carbonyl (C=O) groups is 1. The number of thiazole rings is 1. The zero-order chi connectivity index (χ0) is 17.5. The molecule has 25 heavy (non-hydrogen) atoms. The molecule has 3 rings (SSSR count). The van der Waals surface area contributed by atoms with Gasteiger partial charge in [0.05, 0.1) is 6.54 Å². The predicted molar refractivity (Wildman–Crippen MR) is 99.8 cm³/mol. The fourth-order valence-electron chi connectivity index (χ4n) is 2.85. The molecule has 6 nitrogen and oxygen atoms in total. The van der Waals surface area contributed by atoms with Gasteiger partial charge < -0.3 is 15.7 Å². The van der Waals surface area contributed by atoms with Crippen molar-refractivity contribution in [3.8, 4) is 0 Å². The molecule has 1 aliphatic heterocycles. The van der Waals surface area contributed by atoms with Gasteiger partial charge in [-0.2, -0.15) is 0 Å². The maximum absolute atomic E-state index is 12.1. The SMILES string of the molecule is O=C(CN1CCNCC1)Nc1ccc(CCC(O)c2nccs2)cc1. The van der Waals surface area contributed by atoms with E-state index in [-0.39, 0.29) is 5.91 Å². The predicted octanol–water partition coefficient (Wildman–Crippen LogP) is 1.65. The van der Waals surface area contributed by atoms with Gasteiger partial charge in [-0.25, -0.2) is 4.98 Å². The van der Waals surface area contributed by atoms with Gasteiger partial charge >= 0.3 is 0 Å². The molecule has 1 amide bonds. The molecule has 2 heterocycles. The van der Waals surface area contributed by atoms with E-state index in [4.69, 9.17) is 0 Å². The van der Waals surface area contributed by atoms with Crippen LogP contribution in [0.25, 0.3) is 0 Å². The normalized spacial score (nSPS) is 16.5. The van der Waals surface area contributed by atoms with Gasteiger partial charge in [-0.1, -0.05) is 12.1 Å². The maximum atomic E-state index is 12.1. The molecule has 0 aliphatic carbocycles. The summed E-state index contributed by atoms with van der Waals surface area (Å²) in [4.78, 5) is 18.4. The van der Waals surface area contributed by atoms with Crippen LogP contribution in [-0.2, 0) is 11.2 Å². The van der Waals surface area contributed by atoms with Gasteiger partial charge in [-0.05, 0) is 30.5 Å². The number of aromatic nitrogens is 1. The van der Waals surface area contributed by atoms with Crippen molar-refractivity contribution in [1.82, 2.24) is 15.2 Å². The van der Waals surface area contributed by atoms with Crippen molar-refractivity contribution < 1.29 is 9.90 Å². The molecule has 1 atom stereocenters. The zero-order valence-corrected chi connectivity index (χ0v) is 15.0. The Morgan fingerprint density at radius 2 is 2.08 bits per heavy atom. The van der Waals surface area contributed by atoms with Gasteiger partial charge in [-0.15, -0.1) is 11.3 Å². The number of anilines is 1. The van der Waals surface area contributed by atoms with Gasteiger partial charge in [0.25, 0.3) is 0 Å². The van der Waals surface area contributed by atoms with E-state index in [1.807, 2.05) is 29.6 Å². The standard InChI is InChI=1S/C18H24N4O2S/c23-16(18-20-9-12-25-18)6-3-14-1-4-15(5-2-14)21-17(24)13-22-10-7-19-8-11-22/h1-2,4-5,9,12,16,19,23H,3,6-8,10-11,13H2,(H,21,24). The smallest absolute Gasteiger partial charge is 0.238 e. The summed E-state index contributed by atoms with van der Waals surface area (Å²) in [6, 6.07) is 7.82. The number of aryl methyl sites for hydroxylation is 1. The van der Waals surface area contributed by atoms with Crippen LogP contribution in [0.15, 0.2) is 35.8 Å². The van der Waals surface area contributed by atoms with Crippen molar-refractivity contribution >= 4 is 22.9 Å². The maximum Gasteiger partial charge on any atom is 0.238 e. The quantitative estimate of drug-likeness (QED) is 0.700. The van der Waals surface area contributed by atoms with Crippen molar-refractivity contribution in [2.24, 2.45) is 0 Å². The third-order valence-electron chi connectivity index (χ3n) is 4.26. The fraction of sp³-hybridized carbons (Fsp3) is 0.444. The van der Waals surface area contributed by atoms with Crippen LogP contribution in [0, 0.1) is 0 Å². The first kappa shape index (κ1) is 18.0. The van der Waals surface area contributed by atoms with Crippen molar-refractivity contribution in [1.29, 1.82) is 0 Å². The summed E-state index contributed by atoms with van der Waals surface area (Å²) in [6.45, 7) is 4.13. The Labute approximate surface area is 151 Å². The lowest BCUT2D eigenvalue weighted by atomic mass is 10.1. The first-order valence-electron chi connectivity index (χ1n) is 8.60. The summed E-state index contributed by atoms with van der Waals surface area (Å²) in [7, 11) is 0. The molecule has 1 aromatic carbocycles. The molecule has 0 spiro atoms. The van der Waals surface area contributed by atoms with Crippen LogP contribution in [0.1, 0.15) is 23.1 Å². The third-order valence-corrected chi connectivity index (χ3v) is 5.13. The Bertz CT molecular complexity index is 654. The Kier molecular flexibility index (Phi) is 6.52. The number of hydrogen-bond donors (Lipinski definition) is 3. The molecule has 1 unspecified atom stereocenters. The summed E-state index contributed by atoms with van der Waals surface area (Å²) in [5.74, 6) is 0.0221. The summed E-state index contributed by atoms with van der Waals surface area (Å²) in [5.41, 5.74) is 1.94. The lowest BCUT2D eigenvalue weighted by Gasteiger charge is -2.26. The van der Waals surface area contributed by atoms with E-state index >= 15 is 0 Å². The van der Waals surface area contributed by atoms with Gasteiger partial charge in [0, 0.05) is 43.4 Å². The number of nitrogens with zero attached hydrogens (tertiary/aromatic N) is 2. The number of aliphatic hydroxyl groups is 1. The minimum absolute atomic E-state index is 0.0221. The van der Waals surface area contributed by atoms with Crippen LogP contribution in [0.5, 0.6) is 0 Å². The molecule has 0 saturated carbocycles. The highest BCUT2D eigenvalue weighted by atomic mass is 32.1. The average molecular weight is 360 g/mol. The fourth-order valence-corrected chi connectivity index (χ4v) is 3.51. The second kappa shape index (κ2) is 9.05. The van der Waals surface area contributed by atoms with Gasteiger partial charge in [0.15, 0.2) is 0 Å². The highest BCUT2D eigenvalue weighted by Gasteiger charge is 2.14. The molecule has 1 aliphatic rings.